The van der Waals surface area contributed by atoms with E-state index in [0.717, 1.165) is 0 Å². The van der Waals surface area contributed by atoms with Gasteiger partial charge < -0.3 is 19.1 Å². The first-order valence-electron chi connectivity index (χ1n) is 6.82. The molecule has 0 aliphatic carbocycles. The second kappa shape index (κ2) is 7.13. The highest BCUT2D eigenvalue weighted by atomic mass is 79.9. The average Bonchev–Trinajstić information content (AvgIpc) is 2.52. The van der Waals surface area contributed by atoms with Gasteiger partial charge in [-0.1, -0.05) is 22.0 Å². The van der Waals surface area contributed by atoms with Gasteiger partial charge in [0, 0.05) is 18.4 Å². The third kappa shape index (κ3) is 3.49. The molecular formula is C15H20BrNO4. The number of ether oxygens (including phenoxy) is 3. The van der Waals surface area contributed by atoms with E-state index in [0.29, 0.717) is 35.5 Å². The van der Waals surface area contributed by atoms with Crippen LogP contribution in [0.5, 0.6) is 11.5 Å². The lowest BCUT2D eigenvalue weighted by molar-refractivity contribution is -0.0560. The first-order valence-corrected chi connectivity index (χ1v) is 7.94. The molecule has 2 unspecified atom stereocenters. The predicted octanol–water partition coefficient (Wildman–Crippen LogP) is 2.33. The van der Waals surface area contributed by atoms with E-state index in [1.54, 1.807) is 30.2 Å². The summed E-state index contributed by atoms with van der Waals surface area (Å²) in [5, 5.41) is 0.705. The third-order valence-electron chi connectivity index (χ3n) is 3.42. The summed E-state index contributed by atoms with van der Waals surface area (Å²) in [6.45, 7) is 3.11. The van der Waals surface area contributed by atoms with Crippen molar-refractivity contribution in [3.05, 3.63) is 23.8 Å². The van der Waals surface area contributed by atoms with E-state index < -0.39 is 0 Å². The number of benzene rings is 1. The van der Waals surface area contributed by atoms with Gasteiger partial charge in [0.05, 0.1) is 32.0 Å². The van der Waals surface area contributed by atoms with Gasteiger partial charge in [-0.3, -0.25) is 4.79 Å². The van der Waals surface area contributed by atoms with Gasteiger partial charge in [-0.25, -0.2) is 0 Å². The molecule has 1 amide bonds. The summed E-state index contributed by atoms with van der Waals surface area (Å²) in [6, 6.07) is 5.33. The number of halogens is 1. The normalized spacial score (nSPS) is 22.0. The smallest absolute Gasteiger partial charge is 0.257 e. The average molecular weight is 358 g/mol. The van der Waals surface area contributed by atoms with Crippen LogP contribution < -0.4 is 9.47 Å². The maximum atomic E-state index is 12.8. The fourth-order valence-electron chi connectivity index (χ4n) is 2.52. The van der Waals surface area contributed by atoms with Crippen LogP contribution in [0.3, 0.4) is 0 Å². The molecule has 1 aromatic rings. The molecule has 5 nitrogen and oxygen atoms in total. The lowest BCUT2D eigenvalue weighted by Gasteiger charge is -2.36. The van der Waals surface area contributed by atoms with E-state index in [9.17, 15) is 4.79 Å². The Morgan fingerprint density at radius 1 is 1.38 bits per heavy atom. The van der Waals surface area contributed by atoms with E-state index in [2.05, 4.69) is 15.9 Å². The van der Waals surface area contributed by atoms with Gasteiger partial charge in [0.25, 0.3) is 5.91 Å². The number of para-hydroxylation sites is 1. The van der Waals surface area contributed by atoms with Crippen LogP contribution in [0, 0.1) is 0 Å². The number of hydrogen-bond acceptors (Lipinski definition) is 4. The van der Waals surface area contributed by atoms with Gasteiger partial charge in [-0.2, -0.15) is 0 Å². The summed E-state index contributed by atoms with van der Waals surface area (Å²) in [5.41, 5.74) is 0.513. The highest BCUT2D eigenvalue weighted by molar-refractivity contribution is 9.09. The molecule has 6 heteroatoms. The van der Waals surface area contributed by atoms with E-state index in [1.807, 2.05) is 6.92 Å². The highest BCUT2D eigenvalue weighted by Crippen LogP contribution is 2.32. The zero-order valence-electron chi connectivity index (χ0n) is 12.5. The van der Waals surface area contributed by atoms with Crippen molar-refractivity contribution in [1.29, 1.82) is 0 Å². The number of carbonyl (C=O) groups is 1. The Hall–Kier alpha value is -1.27. The number of hydrogen-bond donors (Lipinski definition) is 0. The lowest BCUT2D eigenvalue weighted by atomic mass is 10.1. The number of alkyl halides is 1. The monoisotopic (exact) mass is 357 g/mol. The van der Waals surface area contributed by atoms with Gasteiger partial charge >= 0.3 is 0 Å². The zero-order valence-corrected chi connectivity index (χ0v) is 14.1. The summed E-state index contributed by atoms with van der Waals surface area (Å²) in [5.74, 6) is 0.966. The summed E-state index contributed by atoms with van der Waals surface area (Å²) in [7, 11) is 3.10. The number of nitrogens with zero attached hydrogens (tertiary/aromatic N) is 1. The van der Waals surface area contributed by atoms with Crippen molar-refractivity contribution in [3.8, 4) is 11.5 Å². The first-order chi connectivity index (χ1) is 10.1. The van der Waals surface area contributed by atoms with Gasteiger partial charge in [-0.15, -0.1) is 0 Å². The SMILES string of the molecule is COc1cccc(C(=O)N2CC(C)OC(CBr)C2)c1OC. The molecule has 1 heterocycles. The summed E-state index contributed by atoms with van der Waals surface area (Å²) in [4.78, 5) is 14.6. The maximum Gasteiger partial charge on any atom is 0.257 e. The van der Waals surface area contributed by atoms with Crippen molar-refractivity contribution in [3.63, 3.8) is 0 Å². The number of morpholine rings is 1. The Bertz CT molecular complexity index is 508. The molecule has 0 aromatic heterocycles. The van der Waals surface area contributed by atoms with Crippen molar-refractivity contribution in [2.45, 2.75) is 19.1 Å². The van der Waals surface area contributed by atoms with Gasteiger partial charge in [0.15, 0.2) is 11.5 Å². The molecule has 0 radical (unpaired) electrons. The molecule has 0 spiro atoms. The first kappa shape index (κ1) is 16.1. The Labute approximate surface area is 133 Å². The summed E-state index contributed by atoms with van der Waals surface area (Å²) >= 11 is 3.41. The standard InChI is InChI=1S/C15H20BrNO4/c1-10-8-17(9-11(7-16)21-10)15(18)12-5-4-6-13(19-2)14(12)20-3/h4-6,10-11H,7-9H2,1-3H3. The molecule has 0 saturated carbocycles. The molecule has 1 aliphatic rings. The van der Waals surface area contributed by atoms with Gasteiger partial charge in [0.1, 0.15) is 0 Å². The molecular weight excluding hydrogens is 338 g/mol. The minimum absolute atomic E-state index is 0.00861. The van der Waals surface area contributed by atoms with E-state index >= 15 is 0 Å². The third-order valence-corrected chi connectivity index (χ3v) is 4.14. The largest absolute Gasteiger partial charge is 0.493 e. The maximum absolute atomic E-state index is 12.8. The topological polar surface area (TPSA) is 48.0 Å². The quantitative estimate of drug-likeness (QED) is 0.776. The number of amides is 1. The van der Waals surface area contributed by atoms with E-state index in [1.165, 1.54) is 7.11 Å². The molecule has 0 bridgehead atoms. The predicted molar refractivity (Wildman–Crippen MR) is 83.6 cm³/mol. The molecule has 1 saturated heterocycles. The number of rotatable bonds is 4. The number of carbonyl (C=O) groups excluding carboxylic acids is 1. The van der Waals surface area contributed by atoms with Crippen molar-refractivity contribution in [1.82, 2.24) is 4.90 Å². The molecule has 0 N–H and O–H groups in total. The fraction of sp³-hybridized carbons (Fsp3) is 0.533. The van der Waals surface area contributed by atoms with Crippen LogP contribution in [0.4, 0.5) is 0 Å². The summed E-state index contributed by atoms with van der Waals surface area (Å²) < 4.78 is 16.4. The highest BCUT2D eigenvalue weighted by Gasteiger charge is 2.30. The molecule has 2 rings (SSSR count). The molecule has 1 aliphatic heterocycles. The Kier molecular flexibility index (Phi) is 5.47. The van der Waals surface area contributed by atoms with Crippen LogP contribution in [0.1, 0.15) is 17.3 Å². The van der Waals surface area contributed by atoms with Crippen LogP contribution in [0.2, 0.25) is 0 Å². The van der Waals surface area contributed by atoms with Crippen molar-refractivity contribution < 1.29 is 19.0 Å². The molecule has 21 heavy (non-hydrogen) atoms. The molecule has 116 valence electrons. The van der Waals surface area contributed by atoms with Crippen LogP contribution in [0.25, 0.3) is 0 Å². The van der Waals surface area contributed by atoms with Gasteiger partial charge in [0.2, 0.25) is 0 Å². The molecule has 1 fully saturated rings. The van der Waals surface area contributed by atoms with Crippen molar-refractivity contribution in [2.24, 2.45) is 0 Å². The Morgan fingerprint density at radius 2 is 2.14 bits per heavy atom. The summed E-state index contributed by atoms with van der Waals surface area (Å²) in [6.07, 6.45) is 0.0242. The van der Waals surface area contributed by atoms with Crippen molar-refractivity contribution in [2.75, 3.05) is 32.6 Å². The number of methoxy groups -OCH3 is 2. The van der Waals surface area contributed by atoms with E-state index in [-0.39, 0.29) is 18.1 Å². The second-order valence-electron chi connectivity index (χ2n) is 4.97. The van der Waals surface area contributed by atoms with Crippen LogP contribution in [-0.4, -0.2) is 55.7 Å². The van der Waals surface area contributed by atoms with Crippen LogP contribution in [0.15, 0.2) is 18.2 Å². The Balaban J connectivity index is 2.27. The second-order valence-corrected chi connectivity index (χ2v) is 5.62. The van der Waals surface area contributed by atoms with Crippen molar-refractivity contribution >= 4 is 21.8 Å². The van der Waals surface area contributed by atoms with Crippen LogP contribution >= 0.6 is 15.9 Å². The zero-order chi connectivity index (χ0) is 15.4. The van der Waals surface area contributed by atoms with Crippen LogP contribution in [-0.2, 0) is 4.74 Å². The minimum atomic E-state index is -0.0631. The van der Waals surface area contributed by atoms with E-state index in [4.69, 9.17) is 14.2 Å². The molecule has 1 aromatic carbocycles. The Morgan fingerprint density at radius 3 is 2.76 bits per heavy atom. The van der Waals surface area contributed by atoms with Gasteiger partial charge in [-0.05, 0) is 19.1 Å². The fourth-order valence-corrected chi connectivity index (χ4v) is 2.88. The minimum Gasteiger partial charge on any atom is -0.493 e. The molecule has 2 atom stereocenters. The lowest BCUT2D eigenvalue weighted by Crippen LogP contribution is -2.49.